The van der Waals surface area contributed by atoms with Gasteiger partial charge >= 0.3 is 0 Å². The summed E-state index contributed by atoms with van der Waals surface area (Å²) in [6, 6.07) is 0. The van der Waals surface area contributed by atoms with Gasteiger partial charge in [-0.15, -0.1) is 0 Å². The zero-order valence-corrected chi connectivity index (χ0v) is 11.0. The highest BCUT2D eigenvalue weighted by molar-refractivity contribution is 5.58. The minimum atomic E-state index is 0.597. The van der Waals surface area contributed by atoms with E-state index in [2.05, 4.69) is 33.7 Å². The summed E-state index contributed by atoms with van der Waals surface area (Å²) in [4.78, 5) is 8.56. The van der Waals surface area contributed by atoms with Crippen LogP contribution in [0.3, 0.4) is 0 Å². The zero-order chi connectivity index (χ0) is 13.7. The van der Waals surface area contributed by atoms with Gasteiger partial charge in [-0.3, -0.25) is 4.98 Å². The largest absolute Gasteiger partial charge is 0.487 e. The van der Waals surface area contributed by atoms with Gasteiger partial charge in [0.15, 0.2) is 5.76 Å². The Bertz CT molecular complexity index is 601. The number of ether oxygens (including phenoxy) is 1. The lowest BCUT2D eigenvalue weighted by Crippen LogP contribution is -2.04. The Morgan fingerprint density at radius 1 is 1.42 bits per heavy atom. The molecule has 0 radical (unpaired) electrons. The van der Waals surface area contributed by atoms with Gasteiger partial charge < -0.3 is 10.1 Å². The molecule has 1 aliphatic carbocycles. The summed E-state index contributed by atoms with van der Waals surface area (Å²) in [5.41, 5.74) is 2.45. The number of nitrogens with one attached hydrogen (secondary N) is 1. The van der Waals surface area contributed by atoms with Gasteiger partial charge in [0, 0.05) is 6.42 Å². The number of allylic oxidation sites excluding steroid dienone is 4. The second-order valence-corrected chi connectivity index (χ2v) is 4.05. The number of rotatable bonds is 4. The molecule has 0 unspecified atom stereocenters. The number of hydrogen-bond donors (Lipinski definition) is 1. The molecule has 19 heavy (non-hydrogen) atoms. The van der Waals surface area contributed by atoms with Gasteiger partial charge in [0.1, 0.15) is 5.82 Å². The Balaban J connectivity index is 2.23. The molecule has 4 heteroatoms. The first kappa shape index (κ1) is 12.9. The van der Waals surface area contributed by atoms with Gasteiger partial charge in [0.05, 0.1) is 30.9 Å². The van der Waals surface area contributed by atoms with E-state index >= 15 is 0 Å². The highest BCUT2D eigenvalue weighted by Crippen LogP contribution is 2.14. The van der Waals surface area contributed by atoms with Crippen molar-refractivity contribution >= 4 is 11.4 Å². The van der Waals surface area contributed by atoms with Crippen molar-refractivity contribution in [3.8, 4) is 11.8 Å². The normalized spacial score (nSPS) is 13.4. The second kappa shape index (κ2) is 5.87. The molecule has 1 aliphatic rings. The molecule has 0 spiro atoms. The fourth-order valence-electron chi connectivity index (χ4n) is 1.52. The number of hydrogen-bond acceptors (Lipinski definition) is 4. The molecule has 2 rings (SSSR count). The molecule has 1 heterocycles. The van der Waals surface area contributed by atoms with Crippen LogP contribution in [-0.4, -0.2) is 17.1 Å². The van der Waals surface area contributed by atoms with E-state index in [0.717, 1.165) is 17.0 Å². The predicted octanol–water partition coefficient (Wildman–Crippen LogP) is 2.74. The summed E-state index contributed by atoms with van der Waals surface area (Å²) in [6.45, 7) is 5.72. The minimum absolute atomic E-state index is 0.597. The molecule has 1 aromatic rings. The molecule has 0 saturated heterocycles. The average molecular weight is 253 g/mol. The van der Waals surface area contributed by atoms with Gasteiger partial charge in [-0.1, -0.05) is 18.6 Å². The summed E-state index contributed by atoms with van der Waals surface area (Å²) >= 11 is 0. The standard InChI is InChI=1S/C15H15N3O/c1-11(2)13-9-17-15(10-16-13)18-12-7-5-4-6-8-14(12)19-3/h5,7,9-10H,1,4H2,2-3H3,(H,17,18). The van der Waals surface area contributed by atoms with Crippen molar-refractivity contribution in [2.24, 2.45) is 0 Å². The molecule has 1 N–H and O–H groups in total. The van der Waals surface area contributed by atoms with Crippen LogP contribution in [0.25, 0.3) is 5.57 Å². The summed E-state index contributed by atoms with van der Waals surface area (Å²) in [5, 5.41) is 3.15. The van der Waals surface area contributed by atoms with Gasteiger partial charge in [0.2, 0.25) is 0 Å². The Morgan fingerprint density at radius 2 is 2.26 bits per heavy atom. The van der Waals surface area contributed by atoms with Crippen molar-refractivity contribution < 1.29 is 4.74 Å². The third-order valence-corrected chi connectivity index (χ3v) is 2.51. The van der Waals surface area contributed by atoms with E-state index in [-0.39, 0.29) is 0 Å². The van der Waals surface area contributed by atoms with Crippen molar-refractivity contribution in [2.75, 3.05) is 12.4 Å². The number of methoxy groups -OCH3 is 1. The molecule has 0 amide bonds. The number of anilines is 1. The maximum absolute atomic E-state index is 5.25. The maximum Gasteiger partial charge on any atom is 0.193 e. The molecule has 0 atom stereocenters. The van der Waals surface area contributed by atoms with Crippen molar-refractivity contribution in [3.63, 3.8) is 0 Å². The highest BCUT2D eigenvalue weighted by atomic mass is 16.5. The molecule has 0 aliphatic heterocycles. The topological polar surface area (TPSA) is 47.0 Å². The lowest BCUT2D eigenvalue weighted by atomic mass is 10.2. The smallest absolute Gasteiger partial charge is 0.193 e. The predicted molar refractivity (Wildman–Crippen MR) is 75.9 cm³/mol. The Labute approximate surface area is 112 Å². The molecule has 96 valence electrons. The monoisotopic (exact) mass is 253 g/mol. The van der Waals surface area contributed by atoms with Crippen molar-refractivity contribution in [3.05, 3.63) is 48.3 Å². The van der Waals surface area contributed by atoms with Crippen LogP contribution in [-0.2, 0) is 4.74 Å². The minimum Gasteiger partial charge on any atom is -0.487 e. The van der Waals surface area contributed by atoms with Crippen LogP contribution in [0.1, 0.15) is 19.0 Å². The molecular formula is C15H15N3O. The number of aromatic nitrogens is 2. The van der Waals surface area contributed by atoms with Gasteiger partial charge in [-0.05, 0) is 24.5 Å². The summed E-state index contributed by atoms with van der Waals surface area (Å²) in [5.74, 6) is 7.17. The van der Waals surface area contributed by atoms with E-state index < -0.39 is 0 Å². The fourth-order valence-corrected chi connectivity index (χ4v) is 1.52. The van der Waals surface area contributed by atoms with E-state index in [0.29, 0.717) is 18.0 Å². The first-order valence-corrected chi connectivity index (χ1v) is 5.89. The lowest BCUT2D eigenvalue weighted by Gasteiger charge is -2.09. The van der Waals surface area contributed by atoms with Gasteiger partial charge in [-0.25, -0.2) is 4.98 Å². The molecule has 0 fully saturated rings. The number of nitrogens with zero attached hydrogens (tertiary/aromatic N) is 2. The van der Waals surface area contributed by atoms with Crippen LogP contribution in [0.4, 0.5) is 5.82 Å². The van der Waals surface area contributed by atoms with Crippen LogP contribution in [0.5, 0.6) is 0 Å². The first-order valence-electron chi connectivity index (χ1n) is 5.89. The van der Waals surface area contributed by atoms with Crippen molar-refractivity contribution in [1.82, 2.24) is 9.97 Å². The van der Waals surface area contributed by atoms with Crippen LogP contribution in [0.2, 0.25) is 0 Å². The van der Waals surface area contributed by atoms with E-state index in [1.807, 2.05) is 19.1 Å². The third-order valence-electron chi connectivity index (χ3n) is 2.51. The second-order valence-electron chi connectivity index (χ2n) is 4.05. The van der Waals surface area contributed by atoms with Crippen LogP contribution < -0.4 is 5.32 Å². The van der Waals surface area contributed by atoms with Crippen molar-refractivity contribution in [2.45, 2.75) is 13.3 Å². The summed E-state index contributed by atoms with van der Waals surface area (Å²) in [7, 11) is 1.60. The first-order chi connectivity index (χ1) is 9.20. The zero-order valence-electron chi connectivity index (χ0n) is 11.0. The molecule has 0 aromatic carbocycles. The van der Waals surface area contributed by atoms with Gasteiger partial charge in [-0.2, -0.15) is 0 Å². The van der Waals surface area contributed by atoms with Crippen LogP contribution in [0.15, 0.2) is 42.6 Å². The van der Waals surface area contributed by atoms with Gasteiger partial charge in [0.25, 0.3) is 0 Å². The van der Waals surface area contributed by atoms with Crippen LogP contribution >= 0.6 is 0 Å². The maximum atomic E-state index is 5.25. The summed E-state index contributed by atoms with van der Waals surface area (Å²) in [6.07, 6.45) is 7.94. The van der Waals surface area contributed by atoms with E-state index in [1.54, 1.807) is 19.5 Å². The van der Waals surface area contributed by atoms with Crippen molar-refractivity contribution in [1.29, 1.82) is 0 Å². The Kier molecular flexibility index (Phi) is 3.99. The SMILES string of the molecule is C=C(C)c1cnc(NC2=C(OC)C#CCC=C2)cn1. The van der Waals surface area contributed by atoms with Crippen LogP contribution in [0, 0.1) is 11.8 Å². The van der Waals surface area contributed by atoms with E-state index in [1.165, 1.54) is 0 Å². The lowest BCUT2D eigenvalue weighted by molar-refractivity contribution is 0.308. The molecule has 0 saturated carbocycles. The summed E-state index contributed by atoms with van der Waals surface area (Å²) < 4.78 is 5.25. The Morgan fingerprint density at radius 3 is 2.89 bits per heavy atom. The molecule has 4 nitrogen and oxygen atoms in total. The molecular weight excluding hydrogens is 238 g/mol. The molecule has 1 aromatic heterocycles. The third kappa shape index (κ3) is 3.23. The quantitative estimate of drug-likeness (QED) is 0.838. The average Bonchev–Trinajstić information content (AvgIpc) is 2.64. The van der Waals surface area contributed by atoms with E-state index in [9.17, 15) is 0 Å². The molecule has 0 bridgehead atoms. The fraction of sp³-hybridized carbons (Fsp3) is 0.200. The van der Waals surface area contributed by atoms with E-state index in [4.69, 9.17) is 4.74 Å². The highest BCUT2D eigenvalue weighted by Gasteiger charge is 2.06. The Hall–Kier alpha value is -2.54.